The van der Waals surface area contributed by atoms with Gasteiger partial charge in [-0.2, -0.15) is 0 Å². The zero-order valence-electron chi connectivity index (χ0n) is 18.0. The highest BCUT2D eigenvalue weighted by Gasteiger charge is 2.61. The summed E-state index contributed by atoms with van der Waals surface area (Å²) in [5, 5.41) is 3.18. The van der Waals surface area contributed by atoms with E-state index in [1.807, 2.05) is 11.8 Å². The molecule has 5 saturated carbocycles. The zero-order valence-corrected chi connectivity index (χ0v) is 18.0. The van der Waals surface area contributed by atoms with Gasteiger partial charge in [0.1, 0.15) is 0 Å². The molecule has 5 rings (SSSR count). The van der Waals surface area contributed by atoms with E-state index in [-0.39, 0.29) is 29.9 Å². The van der Waals surface area contributed by atoms with Gasteiger partial charge < -0.3 is 15.0 Å². The summed E-state index contributed by atoms with van der Waals surface area (Å²) in [4.78, 5) is 39.7. The monoisotopic (exact) mass is 404 g/mol. The van der Waals surface area contributed by atoms with Crippen molar-refractivity contribution in [3.05, 3.63) is 0 Å². The molecular formula is C23H36N2O4. The van der Waals surface area contributed by atoms with Crippen molar-refractivity contribution in [3.8, 4) is 0 Å². The summed E-state index contributed by atoms with van der Waals surface area (Å²) in [5.41, 5.74) is -0.773. The highest BCUT2D eigenvalue weighted by atomic mass is 16.5. The SMILES string of the molecule is CCN(C(=O)COC(=O)C12C[C@@H]3C[C@@H](CC(NC(C)=O)(C3)C1)C2)C1CCCCC1. The van der Waals surface area contributed by atoms with E-state index in [4.69, 9.17) is 4.74 Å². The molecule has 0 radical (unpaired) electrons. The molecule has 0 heterocycles. The number of hydrogen-bond donors (Lipinski definition) is 1. The maximum Gasteiger partial charge on any atom is 0.312 e. The van der Waals surface area contributed by atoms with Crippen LogP contribution in [0.4, 0.5) is 0 Å². The van der Waals surface area contributed by atoms with Gasteiger partial charge in [0.2, 0.25) is 5.91 Å². The Morgan fingerprint density at radius 3 is 2.28 bits per heavy atom. The normalized spacial score (nSPS) is 35.9. The van der Waals surface area contributed by atoms with Crippen LogP contribution >= 0.6 is 0 Å². The standard InChI is InChI=1S/C23H36N2O4/c1-3-25(19-7-5-4-6-8-19)20(27)14-29-21(28)22-10-17-9-18(11-22)13-23(12-17,15-22)24-16(2)26/h17-19H,3-15H2,1-2H3,(H,24,26)/t17-,18+,22?,23?. The minimum atomic E-state index is -0.519. The number of hydrogen-bond acceptors (Lipinski definition) is 4. The fraction of sp³-hybridized carbons (Fsp3) is 0.870. The molecular weight excluding hydrogens is 368 g/mol. The van der Waals surface area contributed by atoms with Gasteiger partial charge in [-0.25, -0.2) is 0 Å². The van der Waals surface area contributed by atoms with Crippen molar-refractivity contribution < 1.29 is 19.1 Å². The van der Waals surface area contributed by atoms with Crippen LogP contribution in [0.25, 0.3) is 0 Å². The van der Waals surface area contributed by atoms with E-state index in [0.717, 1.165) is 44.9 Å². The molecule has 6 heteroatoms. The molecule has 0 spiro atoms. The Hall–Kier alpha value is -1.59. The summed E-state index contributed by atoms with van der Waals surface area (Å²) in [6.07, 6.45) is 11.2. The average molecular weight is 405 g/mol. The number of likely N-dealkylation sites (N-methyl/N-ethyl adjacent to an activating group) is 1. The molecule has 0 aromatic carbocycles. The Morgan fingerprint density at radius 2 is 1.69 bits per heavy atom. The number of nitrogens with zero attached hydrogens (tertiary/aromatic N) is 1. The molecule has 4 atom stereocenters. The molecule has 5 aliphatic carbocycles. The van der Waals surface area contributed by atoms with Gasteiger partial charge in [-0.05, 0) is 70.1 Å². The molecule has 0 aromatic rings. The summed E-state index contributed by atoms with van der Waals surface area (Å²) in [6.45, 7) is 4.09. The first-order valence-electron chi connectivity index (χ1n) is 11.6. The van der Waals surface area contributed by atoms with Crippen LogP contribution in [0, 0.1) is 17.3 Å². The second-order valence-electron chi connectivity index (χ2n) is 10.3. The lowest BCUT2D eigenvalue weighted by Gasteiger charge is -2.60. The van der Waals surface area contributed by atoms with E-state index in [1.165, 1.54) is 19.3 Å². The van der Waals surface area contributed by atoms with E-state index in [9.17, 15) is 14.4 Å². The third kappa shape index (κ3) is 4.04. The van der Waals surface area contributed by atoms with Crippen LogP contribution in [0.3, 0.4) is 0 Å². The predicted octanol–water partition coefficient (Wildman–Crippen LogP) is 3.19. The minimum absolute atomic E-state index is 0.0169. The molecule has 1 N–H and O–H groups in total. The molecule has 29 heavy (non-hydrogen) atoms. The first kappa shape index (κ1) is 20.7. The van der Waals surface area contributed by atoms with Gasteiger partial charge in [-0.1, -0.05) is 19.3 Å². The molecule has 0 saturated heterocycles. The number of rotatable bonds is 6. The smallest absolute Gasteiger partial charge is 0.312 e. The van der Waals surface area contributed by atoms with Crippen molar-refractivity contribution in [2.24, 2.45) is 17.3 Å². The fourth-order valence-electron chi connectivity index (χ4n) is 7.42. The van der Waals surface area contributed by atoms with Crippen LogP contribution in [0.2, 0.25) is 0 Å². The van der Waals surface area contributed by atoms with Crippen molar-refractivity contribution in [1.29, 1.82) is 0 Å². The van der Waals surface area contributed by atoms with Crippen molar-refractivity contribution in [2.75, 3.05) is 13.2 Å². The Kier molecular flexibility index (Phi) is 5.64. The molecule has 5 fully saturated rings. The quantitative estimate of drug-likeness (QED) is 0.690. The van der Waals surface area contributed by atoms with E-state index in [0.29, 0.717) is 30.8 Å². The van der Waals surface area contributed by atoms with Gasteiger partial charge >= 0.3 is 5.97 Å². The van der Waals surface area contributed by atoms with Crippen LogP contribution in [0.1, 0.15) is 84.5 Å². The van der Waals surface area contributed by atoms with E-state index < -0.39 is 5.41 Å². The van der Waals surface area contributed by atoms with Gasteiger partial charge in [0.15, 0.2) is 6.61 Å². The molecule has 162 valence electrons. The third-order valence-corrected chi connectivity index (χ3v) is 7.94. The van der Waals surface area contributed by atoms with Gasteiger partial charge in [0.25, 0.3) is 5.91 Å². The summed E-state index contributed by atoms with van der Waals surface area (Å²) in [5.74, 6) is 0.654. The van der Waals surface area contributed by atoms with Crippen molar-refractivity contribution in [2.45, 2.75) is 96.1 Å². The van der Waals surface area contributed by atoms with Gasteiger partial charge in [0, 0.05) is 25.0 Å². The number of amides is 2. The number of ether oxygens (including phenoxy) is 1. The van der Waals surface area contributed by atoms with Crippen LogP contribution in [0.5, 0.6) is 0 Å². The number of esters is 1. The largest absolute Gasteiger partial charge is 0.455 e. The van der Waals surface area contributed by atoms with E-state index in [2.05, 4.69) is 5.32 Å². The molecule has 2 unspecified atom stereocenters. The minimum Gasteiger partial charge on any atom is -0.455 e. The summed E-state index contributed by atoms with van der Waals surface area (Å²) in [7, 11) is 0. The van der Waals surface area contributed by atoms with E-state index in [1.54, 1.807) is 6.92 Å². The Labute approximate surface area is 174 Å². The van der Waals surface area contributed by atoms with Crippen LogP contribution in [-0.4, -0.2) is 47.4 Å². The van der Waals surface area contributed by atoms with Gasteiger partial charge in [0.05, 0.1) is 5.41 Å². The Balaban J connectivity index is 1.40. The molecule has 5 aliphatic rings. The summed E-state index contributed by atoms with van der Waals surface area (Å²) in [6, 6.07) is 0.294. The summed E-state index contributed by atoms with van der Waals surface area (Å²) >= 11 is 0. The summed E-state index contributed by atoms with van der Waals surface area (Å²) < 4.78 is 5.67. The number of carbonyl (C=O) groups is 3. The van der Waals surface area contributed by atoms with Crippen molar-refractivity contribution in [1.82, 2.24) is 10.2 Å². The lowest BCUT2D eigenvalue weighted by molar-refractivity contribution is -0.178. The fourth-order valence-corrected chi connectivity index (χ4v) is 7.42. The average Bonchev–Trinajstić information content (AvgIpc) is 2.65. The maximum absolute atomic E-state index is 13.2. The lowest BCUT2D eigenvalue weighted by Crippen LogP contribution is -2.64. The van der Waals surface area contributed by atoms with Crippen molar-refractivity contribution in [3.63, 3.8) is 0 Å². The second kappa shape index (κ2) is 7.92. The van der Waals surface area contributed by atoms with Crippen LogP contribution in [-0.2, 0) is 19.1 Å². The Morgan fingerprint density at radius 1 is 1.03 bits per heavy atom. The number of nitrogens with one attached hydrogen (secondary N) is 1. The molecule has 6 nitrogen and oxygen atoms in total. The second-order valence-corrected chi connectivity index (χ2v) is 10.3. The van der Waals surface area contributed by atoms with Gasteiger partial charge in [-0.3, -0.25) is 14.4 Å². The Bertz CT molecular complexity index is 656. The van der Waals surface area contributed by atoms with Crippen LogP contribution in [0.15, 0.2) is 0 Å². The first-order valence-corrected chi connectivity index (χ1v) is 11.6. The van der Waals surface area contributed by atoms with Crippen LogP contribution < -0.4 is 5.32 Å². The molecule has 0 aromatic heterocycles. The molecule has 4 bridgehead atoms. The highest BCUT2D eigenvalue weighted by molar-refractivity contribution is 5.84. The lowest BCUT2D eigenvalue weighted by atomic mass is 9.47. The first-order chi connectivity index (χ1) is 13.8. The number of carbonyl (C=O) groups excluding carboxylic acids is 3. The maximum atomic E-state index is 13.2. The highest BCUT2D eigenvalue weighted by Crippen LogP contribution is 2.62. The van der Waals surface area contributed by atoms with E-state index >= 15 is 0 Å². The van der Waals surface area contributed by atoms with Gasteiger partial charge in [-0.15, -0.1) is 0 Å². The topological polar surface area (TPSA) is 75.7 Å². The zero-order chi connectivity index (χ0) is 20.6. The predicted molar refractivity (Wildman–Crippen MR) is 109 cm³/mol. The molecule has 2 amide bonds. The molecule has 0 aliphatic heterocycles. The van der Waals surface area contributed by atoms with Crippen molar-refractivity contribution >= 4 is 17.8 Å². The third-order valence-electron chi connectivity index (χ3n) is 7.94.